The zero-order chi connectivity index (χ0) is 70.9. The topological polar surface area (TPSA) is 654 Å². The third-order valence-corrected chi connectivity index (χ3v) is 13.0. The molecule has 1 aliphatic carbocycles. The fraction of sp³-hybridized carbons (Fsp3) is 0.483. The van der Waals surface area contributed by atoms with E-state index in [0.29, 0.717) is 55.9 Å². The van der Waals surface area contributed by atoms with Gasteiger partial charge in [-0.05, 0) is 85.3 Å². The Balaban J connectivity index is 0.00000114. The number of nitrogens with one attached hydrogen (secondary N) is 1. The summed E-state index contributed by atoms with van der Waals surface area (Å²) < 4.78 is 14.4. The number of ether oxygens (including phenoxy) is 3. The summed E-state index contributed by atoms with van der Waals surface area (Å²) in [6, 6.07) is 14.8. The van der Waals surface area contributed by atoms with Crippen LogP contribution >= 0.6 is 0 Å². The number of benzene rings is 3. The van der Waals surface area contributed by atoms with Crippen molar-refractivity contribution in [3.05, 3.63) is 102 Å². The summed E-state index contributed by atoms with van der Waals surface area (Å²) >= 11 is 0. The summed E-state index contributed by atoms with van der Waals surface area (Å²) in [6.45, 7) is 3.26. The minimum absolute atomic E-state index is 0.0704. The zero-order valence-corrected chi connectivity index (χ0v) is 52.0. The van der Waals surface area contributed by atoms with E-state index in [0.717, 1.165) is 22.0 Å². The maximum atomic E-state index is 11.9. The summed E-state index contributed by atoms with van der Waals surface area (Å²) in [5.74, 6) is -8.74. The minimum Gasteiger partial charge on any atom is -0.480 e. The number of para-hydroxylation sites is 1. The quantitative estimate of drug-likeness (QED) is 0.00739. The van der Waals surface area contributed by atoms with E-state index in [1.807, 2.05) is 74.6 Å². The number of esters is 4. The number of aliphatic imine (C=N–C) groups is 1. The van der Waals surface area contributed by atoms with Gasteiger partial charge in [-0.25, -0.2) is 9.59 Å². The number of nitrogens with zero attached hydrogens (tertiary/aromatic N) is 1. The monoisotopic (exact) mass is 1320 g/mol. The maximum Gasteiger partial charge on any atom is 0.330 e. The standard InChI is InChI=1S/C18H27N3O6.C11H12N2O2.C10H19N5O5.C9H17NO2.C9H11NO2.C3H7NO3/c1-10(2)7-13(19)18(25)27-12-5-3-11(4-6-12)8-14(20)17(24)26-9-15(21)16(22)23;12-9(11(14)15)5-7-6-13-10-4-2-1-3-8(7)10;11-5(2-1-3-15-10(13)14)9(19)20-7(16)4-6(12)8(17)18;2*10-8(9(11)12)6-7-4-2-1-3-5-7;4-2(1-5)3(6)7/h3-6,10,13-15H,7-9,19-21H2,1-2H3,(H,22,23);1-4,6,9,13H,5,12H2,(H,14,15);5-6H,1-4,11-12H2,(H,17,18)(H4,13,14,15);7-8H,1-6,10H2,(H,11,12);1-5,8H,6,10H2,(H,11,12);2,5H,1,4H2,(H,6,7)/t13-,14-,15+;9-;5-,6-;2*8-;2-/m000000/s1. The molecule has 33 nitrogen and oxygen atoms in total. The molecule has 1 heterocycles. The molecule has 3 aromatic carbocycles. The second kappa shape index (κ2) is 46.1. The molecule has 1 fully saturated rings. The van der Waals surface area contributed by atoms with Crippen molar-refractivity contribution in [1.82, 2.24) is 4.98 Å². The number of guanidine groups is 1. The first-order valence-corrected chi connectivity index (χ1v) is 29.2. The number of carboxylic acids is 6. The molecular formula is C60H93N13O20. The largest absolute Gasteiger partial charge is 0.480 e. The summed E-state index contributed by atoms with van der Waals surface area (Å²) in [7, 11) is 0. The molecule has 5 rings (SSSR count). The molecule has 33 heteroatoms. The average molecular weight is 1320 g/mol. The highest BCUT2D eigenvalue weighted by atomic mass is 16.6. The second-order valence-electron chi connectivity index (χ2n) is 21.6. The van der Waals surface area contributed by atoms with Gasteiger partial charge in [-0.1, -0.05) is 107 Å². The van der Waals surface area contributed by atoms with Crippen molar-refractivity contribution in [2.24, 2.45) is 79.9 Å². The van der Waals surface area contributed by atoms with Gasteiger partial charge in [0.15, 0.2) is 5.96 Å². The Morgan fingerprint density at radius 2 is 1.05 bits per heavy atom. The van der Waals surface area contributed by atoms with E-state index in [1.165, 1.54) is 32.1 Å². The van der Waals surface area contributed by atoms with Crippen LogP contribution in [0.15, 0.2) is 90.1 Å². The molecule has 518 valence electrons. The van der Waals surface area contributed by atoms with Gasteiger partial charge in [0.1, 0.15) is 66.7 Å². The fourth-order valence-corrected chi connectivity index (χ4v) is 7.85. The second-order valence-corrected chi connectivity index (χ2v) is 21.6. The van der Waals surface area contributed by atoms with E-state index in [2.05, 4.69) is 14.7 Å². The Morgan fingerprint density at radius 3 is 1.56 bits per heavy atom. The van der Waals surface area contributed by atoms with Gasteiger partial charge in [0.25, 0.3) is 0 Å². The van der Waals surface area contributed by atoms with Crippen molar-refractivity contribution >= 4 is 76.6 Å². The summed E-state index contributed by atoms with van der Waals surface area (Å²) in [6.07, 6.45) is 10.1. The number of aromatic nitrogens is 1. The molecule has 0 bridgehead atoms. The van der Waals surface area contributed by atoms with Crippen molar-refractivity contribution < 1.29 is 97.9 Å². The van der Waals surface area contributed by atoms with Gasteiger partial charge in [0, 0.05) is 30.1 Å². The number of aromatic amines is 1. The first-order chi connectivity index (χ1) is 43.6. The van der Waals surface area contributed by atoms with Crippen molar-refractivity contribution in [1.29, 1.82) is 0 Å². The number of aliphatic carboxylic acids is 6. The van der Waals surface area contributed by atoms with Crippen molar-refractivity contribution in [2.45, 2.75) is 152 Å². The minimum atomic E-state index is -1.42. The van der Waals surface area contributed by atoms with Crippen LogP contribution in [0.2, 0.25) is 0 Å². The summed E-state index contributed by atoms with van der Waals surface area (Å²) in [5, 5.41) is 59.9. The number of aliphatic hydroxyl groups is 1. The van der Waals surface area contributed by atoms with E-state index in [-0.39, 0.29) is 24.7 Å². The van der Waals surface area contributed by atoms with E-state index >= 15 is 0 Å². The van der Waals surface area contributed by atoms with Crippen LogP contribution < -0.4 is 67.8 Å². The SMILES string of the molecule is CC(C)C[C@H](N)C(=O)Oc1ccc(C[C@H](N)C(=O)OC[C@@H](N)C(=O)O)cc1.NC(N)=NCCC[C@H](N)C(=O)OC(=O)C[C@H](N)C(=O)O.N[C@@H](CC1CCCCC1)C(=O)O.N[C@@H](CO)C(=O)O.N[C@@H](Cc1c[nH]c2ccccc12)C(=O)O.N[C@@H](Cc1ccccc1)C(=O)O. The number of carbonyl (C=O) groups is 10. The lowest BCUT2D eigenvalue weighted by molar-refractivity contribution is -0.162. The molecule has 1 aliphatic rings. The molecule has 30 N–H and O–H groups in total. The smallest absolute Gasteiger partial charge is 0.330 e. The molecule has 0 radical (unpaired) electrons. The van der Waals surface area contributed by atoms with Gasteiger partial charge >= 0.3 is 59.7 Å². The molecule has 0 unspecified atom stereocenters. The average Bonchev–Trinajstić information content (AvgIpc) is 1.73. The molecule has 0 saturated heterocycles. The first-order valence-electron chi connectivity index (χ1n) is 29.2. The molecule has 1 aromatic heterocycles. The number of fused-ring (bicyclic) bond motifs is 1. The van der Waals surface area contributed by atoms with Gasteiger partial charge in [-0.3, -0.25) is 43.3 Å². The zero-order valence-electron chi connectivity index (χ0n) is 52.0. The van der Waals surface area contributed by atoms with Crippen LogP contribution in [0.1, 0.15) is 94.7 Å². The Kier molecular flexibility index (Phi) is 41.6. The number of H-pyrrole nitrogens is 1. The lowest BCUT2D eigenvalue weighted by Crippen LogP contribution is -2.40. The third kappa shape index (κ3) is 38.4. The molecular weight excluding hydrogens is 1220 g/mol. The Morgan fingerprint density at radius 1 is 0.548 bits per heavy atom. The third-order valence-electron chi connectivity index (χ3n) is 13.0. The summed E-state index contributed by atoms with van der Waals surface area (Å²) in [4.78, 5) is 115. The van der Waals surface area contributed by atoms with Crippen LogP contribution in [-0.4, -0.2) is 181 Å². The van der Waals surface area contributed by atoms with Gasteiger partial charge in [0.05, 0.1) is 13.0 Å². The number of rotatable bonds is 29. The summed E-state index contributed by atoms with van der Waals surface area (Å²) in [5.41, 5.74) is 62.3. The molecule has 0 spiro atoms. The van der Waals surface area contributed by atoms with Gasteiger partial charge < -0.3 is 118 Å². The lowest BCUT2D eigenvalue weighted by Gasteiger charge is -2.22. The van der Waals surface area contributed by atoms with E-state index < -0.39 is 134 Å². The predicted octanol–water partition coefficient (Wildman–Crippen LogP) is -1.45. The van der Waals surface area contributed by atoms with E-state index in [9.17, 15) is 47.9 Å². The molecule has 0 aliphatic heterocycles. The molecule has 9 atom stereocenters. The highest BCUT2D eigenvalue weighted by Gasteiger charge is 2.25. The van der Waals surface area contributed by atoms with E-state index in [1.54, 1.807) is 24.3 Å². The lowest BCUT2D eigenvalue weighted by atomic mass is 9.85. The van der Waals surface area contributed by atoms with Crippen LogP contribution in [0.4, 0.5) is 0 Å². The number of hydrogen-bond acceptors (Lipinski definition) is 24. The molecule has 0 amide bonds. The van der Waals surface area contributed by atoms with Crippen LogP contribution in [0.3, 0.4) is 0 Å². The van der Waals surface area contributed by atoms with Crippen LogP contribution in [0, 0.1) is 11.8 Å². The van der Waals surface area contributed by atoms with Crippen LogP contribution in [0.5, 0.6) is 5.75 Å². The highest BCUT2D eigenvalue weighted by molar-refractivity contribution is 5.91. The van der Waals surface area contributed by atoms with Gasteiger partial charge in [-0.15, -0.1) is 0 Å². The number of aliphatic hydroxyl groups excluding tert-OH is 1. The number of carbonyl (C=O) groups excluding carboxylic acids is 4. The van der Waals surface area contributed by atoms with Crippen LogP contribution in [0.25, 0.3) is 10.9 Å². The predicted molar refractivity (Wildman–Crippen MR) is 340 cm³/mol. The molecule has 93 heavy (non-hydrogen) atoms. The Labute approximate surface area is 536 Å². The van der Waals surface area contributed by atoms with E-state index in [4.69, 9.17) is 108 Å². The Hall–Kier alpha value is -9.03. The number of hydrogen-bond donors (Lipinski definition) is 19. The van der Waals surface area contributed by atoms with Gasteiger partial charge in [0.2, 0.25) is 0 Å². The van der Waals surface area contributed by atoms with Crippen molar-refractivity contribution in [3.8, 4) is 5.75 Å². The van der Waals surface area contributed by atoms with Crippen LogP contribution in [-0.2, 0) is 76.7 Å². The van der Waals surface area contributed by atoms with Crippen molar-refractivity contribution in [3.63, 3.8) is 0 Å². The normalized spacial score (nSPS) is 14.5. The number of carboxylic acid groups (broad SMARTS) is 6. The number of nitrogens with two attached hydrogens (primary N) is 11. The first kappa shape index (κ1) is 84.0. The molecule has 4 aromatic rings. The Bertz CT molecular complexity index is 2960. The fourth-order valence-electron chi connectivity index (χ4n) is 7.85. The highest BCUT2D eigenvalue weighted by Crippen LogP contribution is 2.27. The van der Waals surface area contributed by atoms with Gasteiger partial charge in [-0.2, -0.15) is 0 Å². The molecule has 1 saturated carbocycles. The van der Waals surface area contributed by atoms with Crippen molar-refractivity contribution in [2.75, 3.05) is 19.8 Å². The maximum absolute atomic E-state index is 11.9.